The quantitative estimate of drug-likeness (QED) is 0.203. The smallest absolute Gasteiger partial charge is 0.262 e. The fourth-order valence-electron chi connectivity index (χ4n) is 3.53. The maximum atomic E-state index is 12.8. The highest BCUT2D eigenvalue weighted by Crippen LogP contribution is 2.29. The van der Waals surface area contributed by atoms with Gasteiger partial charge in [0, 0.05) is 15.6 Å². The summed E-state index contributed by atoms with van der Waals surface area (Å²) < 4.78 is 11.7. The van der Waals surface area contributed by atoms with E-state index in [1.54, 1.807) is 36.4 Å². The molecule has 1 atom stereocenters. The van der Waals surface area contributed by atoms with Crippen molar-refractivity contribution in [1.29, 1.82) is 0 Å². The molecule has 38 heavy (non-hydrogen) atoms. The van der Waals surface area contributed by atoms with Crippen LogP contribution in [0.3, 0.4) is 0 Å². The summed E-state index contributed by atoms with van der Waals surface area (Å²) in [7, 11) is 0. The van der Waals surface area contributed by atoms with E-state index in [1.165, 1.54) is 6.21 Å². The number of halogens is 2. The summed E-state index contributed by atoms with van der Waals surface area (Å²) in [6.45, 7) is 6.66. The maximum absolute atomic E-state index is 12.8. The standard InChI is InChI=1S/C29H31Cl2N3O4/c1-4-37-27-16-21(7-14-26(27)38-18-20-5-10-23(30)11-6-20)17-32-34-29(36)25(15-19(2)3)33-28(35)22-8-12-24(31)13-9-22/h5-14,16-17,19,25H,4,15,18H2,1-3H3,(H,33,35)(H,34,36)/b32-17+. The first kappa shape index (κ1) is 29.0. The number of amides is 2. The van der Waals surface area contributed by atoms with Crippen molar-refractivity contribution in [3.8, 4) is 11.5 Å². The lowest BCUT2D eigenvalue weighted by molar-refractivity contribution is -0.123. The summed E-state index contributed by atoms with van der Waals surface area (Å²) in [5, 5.41) is 8.07. The predicted molar refractivity (Wildman–Crippen MR) is 151 cm³/mol. The molecule has 0 aromatic heterocycles. The summed E-state index contributed by atoms with van der Waals surface area (Å²) in [4.78, 5) is 25.5. The lowest BCUT2D eigenvalue weighted by Gasteiger charge is -2.19. The van der Waals surface area contributed by atoms with Crippen molar-refractivity contribution in [2.24, 2.45) is 11.0 Å². The van der Waals surface area contributed by atoms with Crippen molar-refractivity contribution in [2.75, 3.05) is 6.61 Å². The van der Waals surface area contributed by atoms with E-state index in [-0.39, 0.29) is 11.8 Å². The van der Waals surface area contributed by atoms with Crippen LogP contribution in [0.15, 0.2) is 71.8 Å². The first-order valence-corrected chi connectivity index (χ1v) is 13.0. The Hall–Kier alpha value is -3.55. The molecule has 0 radical (unpaired) electrons. The van der Waals surface area contributed by atoms with Crippen LogP contribution in [0.25, 0.3) is 0 Å². The molecule has 0 saturated carbocycles. The zero-order valence-electron chi connectivity index (χ0n) is 21.5. The Morgan fingerprint density at radius 2 is 1.58 bits per heavy atom. The molecule has 0 bridgehead atoms. The van der Waals surface area contributed by atoms with Gasteiger partial charge >= 0.3 is 0 Å². The van der Waals surface area contributed by atoms with Crippen LogP contribution < -0.4 is 20.2 Å². The van der Waals surface area contributed by atoms with Gasteiger partial charge in [-0.25, -0.2) is 5.43 Å². The molecule has 3 aromatic rings. The molecule has 2 amide bonds. The van der Waals surface area contributed by atoms with Gasteiger partial charge in [-0.2, -0.15) is 5.10 Å². The van der Waals surface area contributed by atoms with Crippen LogP contribution >= 0.6 is 23.2 Å². The largest absolute Gasteiger partial charge is 0.490 e. The molecule has 3 rings (SSSR count). The Morgan fingerprint density at radius 1 is 0.921 bits per heavy atom. The van der Waals surface area contributed by atoms with Gasteiger partial charge in [-0.15, -0.1) is 0 Å². The molecular formula is C29H31Cl2N3O4. The third-order valence-corrected chi connectivity index (χ3v) is 5.90. The van der Waals surface area contributed by atoms with E-state index < -0.39 is 11.9 Å². The number of hydrazone groups is 1. The molecule has 2 N–H and O–H groups in total. The maximum Gasteiger partial charge on any atom is 0.262 e. The van der Waals surface area contributed by atoms with Gasteiger partial charge in [-0.1, -0.05) is 49.2 Å². The number of nitrogens with zero attached hydrogens (tertiary/aromatic N) is 1. The molecule has 7 nitrogen and oxygen atoms in total. The number of carbonyl (C=O) groups is 2. The topological polar surface area (TPSA) is 89.0 Å². The highest BCUT2D eigenvalue weighted by molar-refractivity contribution is 6.30. The summed E-state index contributed by atoms with van der Waals surface area (Å²) in [6.07, 6.45) is 1.96. The number of ether oxygens (including phenoxy) is 2. The van der Waals surface area contributed by atoms with Crippen LogP contribution in [0, 0.1) is 5.92 Å². The number of hydrogen-bond donors (Lipinski definition) is 2. The van der Waals surface area contributed by atoms with Gasteiger partial charge in [0.25, 0.3) is 11.8 Å². The lowest BCUT2D eigenvalue weighted by atomic mass is 10.0. The number of nitrogens with one attached hydrogen (secondary N) is 2. The van der Waals surface area contributed by atoms with Gasteiger partial charge in [0.2, 0.25) is 0 Å². The Morgan fingerprint density at radius 3 is 2.21 bits per heavy atom. The third kappa shape index (κ3) is 9.08. The second-order valence-corrected chi connectivity index (χ2v) is 9.82. The molecule has 9 heteroatoms. The molecule has 3 aromatic carbocycles. The first-order chi connectivity index (χ1) is 18.2. The van der Waals surface area contributed by atoms with Crippen molar-refractivity contribution in [3.63, 3.8) is 0 Å². The molecule has 1 unspecified atom stereocenters. The lowest BCUT2D eigenvalue weighted by Crippen LogP contribution is -2.46. The summed E-state index contributed by atoms with van der Waals surface area (Å²) >= 11 is 11.8. The number of rotatable bonds is 12. The average molecular weight is 556 g/mol. The van der Waals surface area contributed by atoms with E-state index in [2.05, 4.69) is 15.8 Å². The molecule has 0 aliphatic rings. The van der Waals surface area contributed by atoms with Crippen molar-refractivity contribution in [1.82, 2.24) is 10.7 Å². The molecule has 0 fully saturated rings. The summed E-state index contributed by atoms with van der Waals surface area (Å²) in [5.41, 5.74) is 4.63. The minimum atomic E-state index is -0.752. The van der Waals surface area contributed by atoms with Crippen LogP contribution in [0.5, 0.6) is 11.5 Å². The van der Waals surface area contributed by atoms with Crippen LogP contribution in [-0.2, 0) is 11.4 Å². The zero-order valence-corrected chi connectivity index (χ0v) is 23.1. The highest BCUT2D eigenvalue weighted by Gasteiger charge is 2.22. The van der Waals surface area contributed by atoms with E-state index >= 15 is 0 Å². The molecule has 0 saturated heterocycles. The average Bonchev–Trinajstić information content (AvgIpc) is 2.89. The minimum absolute atomic E-state index is 0.175. The van der Waals surface area contributed by atoms with Gasteiger partial charge in [0.05, 0.1) is 12.8 Å². The number of carbonyl (C=O) groups excluding carboxylic acids is 2. The van der Waals surface area contributed by atoms with E-state index in [9.17, 15) is 9.59 Å². The van der Waals surface area contributed by atoms with Gasteiger partial charge in [0.15, 0.2) is 11.5 Å². The highest BCUT2D eigenvalue weighted by atomic mass is 35.5. The van der Waals surface area contributed by atoms with E-state index in [0.29, 0.717) is 52.3 Å². The van der Waals surface area contributed by atoms with Crippen LogP contribution in [0.4, 0.5) is 0 Å². The molecule has 0 aliphatic heterocycles. The molecule has 200 valence electrons. The van der Waals surface area contributed by atoms with Gasteiger partial charge in [-0.3, -0.25) is 9.59 Å². The molecule has 0 aliphatic carbocycles. The van der Waals surface area contributed by atoms with Crippen molar-refractivity contribution < 1.29 is 19.1 Å². The molecular weight excluding hydrogens is 525 g/mol. The minimum Gasteiger partial charge on any atom is -0.490 e. The fraction of sp³-hybridized carbons (Fsp3) is 0.276. The van der Waals surface area contributed by atoms with E-state index in [1.807, 2.05) is 51.1 Å². The van der Waals surface area contributed by atoms with Gasteiger partial charge < -0.3 is 14.8 Å². The fourth-order valence-corrected chi connectivity index (χ4v) is 3.78. The molecule has 0 heterocycles. The summed E-state index contributed by atoms with van der Waals surface area (Å²) in [6, 6.07) is 18.5. The Labute approximate surface area is 233 Å². The monoisotopic (exact) mass is 555 g/mol. The van der Waals surface area contributed by atoms with Crippen molar-refractivity contribution >= 4 is 41.2 Å². The normalized spacial score (nSPS) is 11.8. The number of hydrogen-bond acceptors (Lipinski definition) is 5. The second-order valence-electron chi connectivity index (χ2n) is 8.95. The van der Waals surface area contributed by atoms with Crippen LogP contribution in [0.1, 0.15) is 48.7 Å². The van der Waals surface area contributed by atoms with Crippen molar-refractivity contribution in [3.05, 3.63) is 93.5 Å². The molecule has 0 spiro atoms. The first-order valence-electron chi connectivity index (χ1n) is 12.3. The van der Waals surface area contributed by atoms with E-state index in [4.69, 9.17) is 32.7 Å². The van der Waals surface area contributed by atoms with Crippen LogP contribution in [0.2, 0.25) is 10.0 Å². The zero-order chi connectivity index (χ0) is 27.5. The van der Waals surface area contributed by atoms with Gasteiger partial charge in [-0.05, 0) is 85.0 Å². The second kappa shape index (κ2) is 14.4. The predicted octanol–water partition coefficient (Wildman–Crippen LogP) is 6.27. The Bertz CT molecular complexity index is 1250. The Kier molecular flexibility index (Phi) is 11.0. The SMILES string of the molecule is CCOc1cc(/C=N/NC(=O)C(CC(C)C)NC(=O)c2ccc(Cl)cc2)ccc1OCc1ccc(Cl)cc1. The Balaban J connectivity index is 1.63. The third-order valence-electron chi connectivity index (χ3n) is 5.40. The van der Waals surface area contributed by atoms with Crippen molar-refractivity contribution in [2.45, 2.75) is 39.8 Å². The van der Waals surface area contributed by atoms with Crippen LogP contribution in [-0.4, -0.2) is 30.7 Å². The van der Waals surface area contributed by atoms with E-state index in [0.717, 1.165) is 5.56 Å². The number of benzene rings is 3. The van der Waals surface area contributed by atoms with Gasteiger partial charge in [0.1, 0.15) is 12.6 Å². The summed E-state index contributed by atoms with van der Waals surface area (Å²) in [5.74, 6) is 0.552.